The van der Waals surface area contributed by atoms with Gasteiger partial charge in [0.05, 0.1) is 4.47 Å². The third-order valence-corrected chi connectivity index (χ3v) is 3.27. The molecule has 0 aliphatic rings. The number of unbranched alkanes of at least 4 members (excludes halogenated alkanes) is 1. The van der Waals surface area contributed by atoms with E-state index < -0.39 is 0 Å². The van der Waals surface area contributed by atoms with Crippen molar-refractivity contribution in [2.45, 2.75) is 46.1 Å². The quantitative estimate of drug-likeness (QED) is 0.813. The Hall–Kier alpha value is -0.570. The first kappa shape index (κ1) is 13.5. The summed E-state index contributed by atoms with van der Waals surface area (Å²) in [5.74, 6) is -0.212. The van der Waals surface area contributed by atoms with Gasteiger partial charge in [0.15, 0.2) is 0 Å². The van der Waals surface area contributed by atoms with E-state index in [1.54, 1.807) is 6.07 Å². The highest BCUT2D eigenvalue weighted by molar-refractivity contribution is 9.10. The van der Waals surface area contributed by atoms with E-state index in [4.69, 9.17) is 0 Å². The molecule has 0 saturated heterocycles. The minimum atomic E-state index is -0.212. The predicted molar refractivity (Wildman–Crippen MR) is 71.4 cm³/mol. The van der Waals surface area contributed by atoms with Gasteiger partial charge in [-0.25, -0.2) is 4.39 Å². The monoisotopic (exact) mass is 287 g/mol. The van der Waals surface area contributed by atoms with E-state index in [1.165, 1.54) is 12.8 Å². The van der Waals surface area contributed by atoms with Gasteiger partial charge in [0.25, 0.3) is 0 Å². The van der Waals surface area contributed by atoms with Gasteiger partial charge in [0, 0.05) is 11.7 Å². The topological polar surface area (TPSA) is 12.0 Å². The van der Waals surface area contributed by atoms with Crippen LogP contribution >= 0.6 is 15.9 Å². The number of benzene rings is 1. The van der Waals surface area contributed by atoms with E-state index in [9.17, 15) is 4.39 Å². The number of anilines is 1. The molecule has 0 bridgehead atoms. The highest BCUT2D eigenvalue weighted by atomic mass is 79.9. The maximum Gasteiger partial charge on any atom is 0.139 e. The van der Waals surface area contributed by atoms with Crippen LogP contribution in [0.2, 0.25) is 0 Å². The highest BCUT2D eigenvalue weighted by Gasteiger charge is 2.07. The third kappa shape index (κ3) is 3.78. The summed E-state index contributed by atoms with van der Waals surface area (Å²) in [6, 6.07) is 3.76. The van der Waals surface area contributed by atoms with E-state index >= 15 is 0 Å². The standard InChI is InChI=1S/C13H19BrFN/c1-4-5-6-10(3)16-13-8-12(15)11(14)7-9(13)2/h7-8,10,16H,4-6H2,1-3H3. The van der Waals surface area contributed by atoms with Gasteiger partial charge in [-0.05, 0) is 53.9 Å². The van der Waals surface area contributed by atoms with Crippen LogP contribution in [0.1, 0.15) is 38.7 Å². The molecular formula is C13H19BrFN. The van der Waals surface area contributed by atoms with Crippen molar-refractivity contribution in [3.63, 3.8) is 0 Å². The number of aryl methyl sites for hydroxylation is 1. The zero-order valence-corrected chi connectivity index (χ0v) is 11.7. The summed E-state index contributed by atoms with van der Waals surface area (Å²) in [6.07, 6.45) is 3.51. The first-order valence-corrected chi connectivity index (χ1v) is 6.56. The van der Waals surface area contributed by atoms with Crippen LogP contribution in [0.4, 0.5) is 10.1 Å². The Morgan fingerprint density at radius 3 is 2.75 bits per heavy atom. The lowest BCUT2D eigenvalue weighted by Crippen LogP contribution is -2.15. The summed E-state index contributed by atoms with van der Waals surface area (Å²) < 4.78 is 13.9. The van der Waals surface area contributed by atoms with E-state index in [1.807, 2.05) is 13.0 Å². The molecule has 16 heavy (non-hydrogen) atoms. The molecule has 90 valence electrons. The molecule has 0 aliphatic heterocycles. The van der Waals surface area contributed by atoms with Gasteiger partial charge in [-0.3, -0.25) is 0 Å². The molecule has 1 aromatic rings. The summed E-state index contributed by atoms with van der Waals surface area (Å²) in [6.45, 7) is 6.30. The molecule has 1 unspecified atom stereocenters. The lowest BCUT2D eigenvalue weighted by atomic mass is 10.1. The van der Waals surface area contributed by atoms with Crippen LogP contribution < -0.4 is 5.32 Å². The van der Waals surface area contributed by atoms with E-state index in [0.717, 1.165) is 17.7 Å². The molecule has 1 aromatic carbocycles. The van der Waals surface area contributed by atoms with E-state index in [0.29, 0.717) is 10.5 Å². The number of hydrogen-bond donors (Lipinski definition) is 1. The fourth-order valence-electron chi connectivity index (χ4n) is 1.65. The van der Waals surface area contributed by atoms with Crippen LogP contribution in [0.25, 0.3) is 0 Å². The van der Waals surface area contributed by atoms with Gasteiger partial charge < -0.3 is 5.32 Å². The highest BCUT2D eigenvalue weighted by Crippen LogP contribution is 2.24. The first-order chi connectivity index (χ1) is 7.54. The Morgan fingerprint density at radius 1 is 1.44 bits per heavy atom. The van der Waals surface area contributed by atoms with Gasteiger partial charge in [0.1, 0.15) is 5.82 Å². The molecule has 0 radical (unpaired) electrons. The van der Waals surface area contributed by atoms with E-state index in [-0.39, 0.29) is 5.82 Å². The van der Waals surface area contributed by atoms with Gasteiger partial charge >= 0.3 is 0 Å². The molecule has 0 spiro atoms. The summed E-state index contributed by atoms with van der Waals surface area (Å²) >= 11 is 3.19. The first-order valence-electron chi connectivity index (χ1n) is 5.76. The number of nitrogens with one attached hydrogen (secondary N) is 1. The summed E-state index contributed by atoms with van der Waals surface area (Å²) in [5, 5.41) is 3.35. The van der Waals surface area contributed by atoms with Crippen molar-refractivity contribution in [1.82, 2.24) is 0 Å². The van der Waals surface area contributed by atoms with Crippen LogP contribution in [0, 0.1) is 12.7 Å². The van der Waals surface area contributed by atoms with Crippen LogP contribution in [0.5, 0.6) is 0 Å². The van der Waals surface area contributed by atoms with Gasteiger partial charge in [-0.1, -0.05) is 19.8 Å². The number of hydrogen-bond acceptors (Lipinski definition) is 1. The number of rotatable bonds is 5. The summed E-state index contributed by atoms with van der Waals surface area (Å²) in [7, 11) is 0. The van der Waals surface area contributed by atoms with Crippen molar-refractivity contribution in [3.05, 3.63) is 28.0 Å². The third-order valence-electron chi connectivity index (χ3n) is 2.66. The lowest BCUT2D eigenvalue weighted by Gasteiger charge is -2.17. The van der Waals surface area contributed by atoms with Crippen molar-refractivity contribution < 1.29 is 4.39 Å². The Morgan fingerprint density at radius 2 is 2.12 bits per heavy atom. The zero-order chi connectivity index (χ0) is 12.1. The molecule has 0 aliphatic carbocycles. The molecule has 1 nitrogen and oxygen atoms in total. The Kier molecular flexibility index (Phi) is 5.26. The Balaban J connectivity index is 2.69. The largest absolute Gasteiger partial charge is 0.382 e. The second-order valence-corrected chi connectivity index (χ2v) is 5.12. The SMILES string of the molecule is CCCCC(C)Nc1cc(F)c(Br)cc1C. The van der Waals surface area contributed by atoms with Crippen molar-refractivity contribution in [3.8, 4) is 0 Å². The van der Waals surface area contributed by atoms with Gasteiger partial charge in [-0.15, -0.1) is 0 Å². The molecule has 1 rings (SSSR count). The zero-order valence-electron chi connectivity index (χ0n) is 10.1. The van der Waals surface area contributed by atoms with Crippen molar-refractivity contribution in [2.75, 3.05) is 5.32 Å². The average Bonchev–Trinajstić information content (AvgIpc) is 2.23. The molecule has 1 atom stereocenters. The molecule has 0 amide bonds. The minimum Gasteiger partial charge on any atom is -0.382 e. The molecule has 0 saturated carbocycles. The predicted octanol–water partition coefficient (Wildman–Crippen LogP) is 4.89. The maximum atomic E-state index is 13.4. The smallest absolute Gasteiger partial charge is 0.139 e. The number of halogens is 2. The molecule has 0 fully saturated rings. The maximum absolute atomic E-state index is 13.4. The summed E-state index contributed by atoms with van der Waals surface area (Å²) in [5.41, 5.74) is 1.96. The van der Waals surface area contributed by atoms with Gasteiger partial charge in [0.2, 0.25) is 0 Å². The molecular weight excluding hydrogens is 269 g/mol. The normalized spacial score (nSPS) is 12.6. The second kappa shape index (κ2) is 6.24. The Bertz CT molecular complexity index is 352. The fourth-order valence-corrected chi connectivity index (χ4v) is 2.11. The second-order valence-electron chi connectivity index (χ2n) is 4.27. The Labute approximate surface area is 106 Å². The molecule has 0 heterocycles. The summed E-state index contributed by atoms with van der Waals surface area (Å²) in [4.78, 5) is 0. The van der Waals surface area contributed by atoms with Crippen LogP contribution in [-0.4, -0.2) is 6.04 Å². The average molecular weight is 288 g/mol. The molecule has 1 N–H and O–H groups in total. The van der Waals surface area contributed by atoms with Crippen molar-refractivity contribution in [1.29, 1.82) is 0 Å². The fraction of sp³-hybridized carbons (Fsp3) is 0.538. The van der Waals surface area contributed by atoms with Crippen molar-refractivity contribution in [2.24, 2.45) is 0 Å². The van der Waals surface area contributed by atoms with E-state index in [2.05, 4.69) is 35.1 Å². The molecule has 0 aromatic heterocycles. The van der Waals surface area contributed by atoms with Crippen LogP contribution in [0.15, 0.2) is 16.6 Å². The molecule has 3 heteroatoms. The van der Waals surface area contributed by atoms with Crippen LogP contribution in [-0.2, 0) is 0 Å². The van der Waals surface area contributed by atoms with Gasteiger partial charge in [-0.2, -0.15) is 0 Å². The minimum absolute atomic E-state index is 0.212. The van der Waals surface area contributed by atoms with Crippen LogP contribution in [0.3, 0.4) is 0 Å². The van der Waals surface area contributed by atoms with Crippen molar-refractivity contribution >= 4 is 21.6 Å². The lowest BCUT2D eigenvalue weighted by molar-refractivity contribution is 0.618.